The lowest BCUT2D eigenvalue weighted by molar-refractivity contribution is -0.603. The topological polar surface area (TPSA) is 82.9 Å². The number of rotatable bonds is 1. The first-order valence-electron chi connectivity index (χ1n) is 3.96. The summed E-state index contributed by atoms with van der Waals surface area (Å²) < 4.78 is 0.608. The fraction of sp³-hybridized carbons (Fsp3) is 0. The molecule has 2 heterocycles. The third kappa shape index (κ3) is 1.24. The molecule has 14 heavy (non-hydrogen) atoms. The first-order valence-corrected chi connectivity index (χ1v) is 3.96. The van der Waals surface area contributed by atoms with E-state index in [0.717, 1.165) is 0 Å². The van der Waals surface area contributed by atoms with Crippen molar-refractivity contribution >= 4 is 16.8 Å². The van der Waals surface area contributed by atoms with Gasteiger partial charge in [-0.3, -0.25) is 9.78 Å². The number of nitrogens with two attached hydrogens (primary N) is 1. The second-order valence-electron chi connectivity index (χ2n) is 2.83. The molecule has 0 fully saturated rings. The van der Waals surface area contributed by atoms with Gasteiger partial charge in [0.15, 0.2) is 12.4 Å². The minimum absolute atomic E-state index is 0.306. The number of carbonyl (C=O) groups is 1. The molecule has 0 aliphatic heterocycles. The van der Waals surface area contributed by atoms with Gasteiger partial charge in [0.05, 0.1) is 16.5 Å². The summed E-state index contributed by atoms with van der Waals surface area (Å²) in [4.78, 5) is 15.0. The lowest BCUT2D eigenvalue weighted by Gasteiger charge is -2.01. The highest BCUT2D eigenvalue weighted by atomic mass is 16.5. The van der Waals surface area contributed by atoms with Gasteiger partial charge in [0.25, 0.3) is 0 Å². The van der Waals surface area contributed by atoms with E-state index in [1.807, 2.05) is 0 Å². The zero-order valence-corrected chi connectivity index (χ0v) is 7.18. The Labute approximate surface area is 79.4 Å². The summed E-state index contributed by atoms with van der Waals surface area (Å²) in [5.74, 6) is -0.566. The molecular formula is C9H7N3O2. The number of hydrogen-bond acceptors (Lipinski definition) is 3. The average Bonchev–Trinajstić information content (AvgIpc) is 2.16. The molecule has 0 radical (unpaired) electrons. The lowest BCUT2D eigenvalue weighted by atomic mass is 10.1. The summed E-state index contributed by atoms with van der Waals surface area (Å²) in [5.41, 5.74) is 6.03. The third-order valence-corrected chi connectivity index (χ3v) is 1.92. The van der Waals surface area contributed by atoms with Gasteiger partial charge in [-0.1, -0.05) is 0 Å². The molecule has 0 spiro atoms. The van der Waals surface area contributed by atoms with Gasteiger partial charge >= 0.3 is 0 Å². The standard InChI is InChI=1S/C9H7N3O2/c10-9(13)6-1-3-11-8-2-4-12(14)5-7(6)8/h1-5H,(H2,10,13). The van der Waals surface area contributed by atoms with Crippen LogP contribution in [0.25, 0.3) is 10.9 Å². The fourth-order valence-corrected chi connectivity index (χ4v) is 1.29. The van der Waals surface area contributed by atoms with Crippen molar-refractivity contribution in [2.45, 2.75) is 0 Å². The second kappa shape index (κ2) is 2.95. The Balaban J connectivity index is 2.84. The Kier molecular flexibility index (Phi) is 1.78. The molecule has 1 amide bonds. The summed E-state index contributed by atoms with van der Waals surface area (Å²) in [6.07, 6.45) is 4.08. The highest BCUT2D eigenvalue weighted by Crippen LogP contribution is 2.13. The summed E-state index contributed by atoms with van der Waals surface area (Å²) >= 11 is 0. The molecule has 0 saturated heterocycles. The summed E-state index contributed by atoms with van der Waals surface area (Å²) in [6.45, 7) is 0. The highest BCUT2D eigenvalue weighted by Gasteiger charge is 2.09. The first-order chi connectivity index (χ1) is 6.68. The Morgan fingerprint density at radius 3 is 3.00 bits per heavy atom. The minimum Gasteiger partial charge on any atom is -0.619 e. The molecule has 0 aromatic carbocycles. The summed E-state index contributed by atoms with van der Waals surface area (Å²) in [7, 11) is 0. The van der Waals surface area contributed by atoms with Gasteiger partial charge in [0.1, 0.15) is 0 Å². The largest absolute Gasteiger partial charge is 0.619 e. The van der Waals surface area contributed by atoms with E-state index in [0.29, 0.717) is 21.2 Å². The highest BCUT2D eigenvalue weighted by molar-refractivity contribution is 6.04. The second-order valence-corrected chi connectivity index (χ2v) is 2.83. The predicted octanol–water partition coefficient (Wildman–Crippen LogP) is -0.0329. The van der Waals surface area contributed by atoms with Crippen LogP contribution < -0.4 is 10.5 Å². The maximum absolute atomic E-state index is 11.0. The van der Waals surface area contributed by atoms with E-state index >= 15 is 0 Å². The van der Waals surface area contributed by atoms with E-state index in [2.05, 4.69) is 4.98 Å². The fourth-order valence-electron chi connectivity index (χ4n) is 1.29. The van der Waals surface area contributed by atoms with E-state index in [1.54, 1.807) is 0 Å². The van der Waals surface area contributed by atoms with Gasteiger partial charge in [0.2, 0.25) is 5.91 Å². The van der Waals surface area contributed by atoms with E-state index in [4.69, 9.17) is 5.73 Å². The van der Waals surface area contributed by atoms with E-state index < -0.39 is 5.91 Å². The Morgan fingerprint density at radius 2 is 2.29 bits per heavy atom. The van der Waals surface area contributed by atoms with Crippen molar-refractivity contribution in [2.24, 2.45) is 5.73 Å². The van der Waals surface area contributed by atoms with Crippen molar-refractivity contribution in [3.63, 3.8) is 0 Å². The van der Waals surface area contributed by atoms with E-state index in [9.17, 15) is 10.0 Å². The number of amides is 1. The molecule has 0 aliphatic rings. The molecule has 2 aromatic heterocycles. The van der Waals surface area contributed by atoms with Crippen LogP contribution in [0.3, 0.4) is 0 Å². The van der Waals surface area contributed by atoms with Crippen molar-refractivity contribution in [3.05, 3.63) is 41.5 Å². The van der Waals surface area contributed by atoms with Crippen molar-refractivity contribution in [1.82, 2.24) is 4.98 Å². The van der Waals surface area contributed by atoms with Gasteiger partial charge in [-0.2, -0.15) is 4.73 Å². The minimum atomic E-state index is -0.566. The average molecular weight is 189 g/mol. The maximum atomic E-state index is 11.0. The van der Waals surface area contributed by atoms with Gasteiger partial charge in [-0.25, -0.2) is 0 Å². The number of nitrogens with zero attached hydrogens (tertiary/aromatic N) is 2. The van der Waals surface area contributed by atoms with Crippen LogP contribution in [0.4, 0.5) is 0 Å². The lowest BCUT2D eigenvalue weighted by Crippen LogP contribution is -2.24. The smallest absolute Gasteiger partial charge is 0.249 e. The van der Waals surface area contributed by atoms with Crippen molar-refractivity contribution in [2.75, 3.05) is 0 Å². The van der Waals surface area contributed by atoms with E-state index in [-0.39, 0.29) is 0 Å². The number of aromatic nitrogens is 2. The van der Waals surface area contributed by atoms with Crippen molar-refractivity contribution in [1.29, 1.82) is 0 Å². The van der Waals surface area contributed by atoms with Crippen molar-refractivity contribution < 1.29 is 9.52 Å². The van der Waals surface area contributed by atoms with E-state index in [1.165, 1.54) is 30.7 Å². The first kappa shape index (κ1) is 8.43. The summed E-state index contributed by atoms with van der Waals surface area (Å²) in [6, 6.07) is 3.03. The number of carbonyl (C=O) groups excluding carboxylic acids is 1. The molecule has 0 saturated carbocycles. The number of fused-ring (bicyclic) bond motifs is 1. The maximum Gasteiger partial charge on any atom is 0.249 e. The van der Waals surface area contributed by atoms with Gasteiger partial charge in [-0.15, -0.1) is 0 Å². The number of primary amides is 1. The Bertz CT molecular complexity index is 510. The van der Waals surface area contributed by atoms with Gasteiger partial charge in [0, 0.05) is 12.3 Å². The third-order valence-electron chi connectivity index (χ3n) is 1.92. The molecular weight excluding hydrogens is 182 g/mol. The Hall–Kier alpha value is -2.17. The molecule has 5 heteroatoms. The van der Waals surface area contributed by atoms with Crippen LogP contribution in [0.2, 0.25) is 0 Å². The van der Waals surface area contributed by atoms with Gasteiger partial charge < -0.3 is 10.9 Å². The number of hydrogen-bond donors (Lipinski definition) is 1. The molecule has 0 atom stereocenters. The van der Waals surface area contributed by atoms with Crippen LogP contribution in [0.15, 0.2) is 30.7 Å². The van der Waals surface area contributed by atoms with Crippen LogP contribution in [-0.4, -0.2) is 10.9 Å². The SMILES string of the molecule is NC(=O)c1ccnc2cc[n+]([O-])cc12. The van der Waals surface area contributed by atoms with Crippen LogP contribution >= 0.6 is 0 Å². The van der Waals surface area contributed by atoms with Crippen LogP contribution in [0, 0.1) is 5.21 Å². The Morgan fingerprint density at radius 1 is 1.50 bits per heavy atom. The predicted molar refractivity (Wildman–Crippen MR) is 49.2 cm³/mol. The molecule has 0 unspecified atom stereocenters. The molecule has 2 N–H and O–H groups in total. The zero-order chi connectivity index (χ0) is 10.1. The molecule has 2 aromatic rings. The van der Waals surface area contributed by atoms with Gasteiger partial charge in [-0.05, 0) is 6.07 Å². The molecule has 0 bridgehead atoms. The molecule has 0 aliphatic carbocycles. The zero-order valence-electron chi connectivity index (χ0n) is 7.18. The normalized spacial score (nSPS) is 10.3. The van der Waals surface area contributed by atoms with Crippen molar-refractivity contribution in [3.8, 4) is 0 Å². The molecule has 2 rings (SSSR count). The monoisotopic (exact) mass is 189 g/mol. The summed E-state index contributed by atoms with van der Waals surface area (Å²) in [5, 5.41) is 11.5. The quantitative estimate of drug-likeness (QED) is 0.505. The molecule has 5 nitrogen and oxygen atoms in total. The van der Waals surface area contributed by atoms with Crippen LogP contribution in [0.1, 0.15) is 10.4 Å². The van der Waals surface area contributed by atoms with Crippen LogP contribution in [-0.2, 0) is 0 Å². The van der Waals surface area contributed by atoms with Crippen LogP contribution in [0.5, 0.6) is 0 Å². The molecule has 70 valence electrons. The number of pyridine rings is 2.